The van der Waals surface area contributed by atoms with Gasteiger partial charge in [0.15, 0.2) is 0 Å². The molecule has 0 saturated carbocycles. The molecule has 0 fully saturated rings. The van der Waals surface area contributed by atoms with Crippen molar-refractivity contribution < 1.29 is 0 Å². The first kappa shape index (κ1) is 17.8. The molecule has 27 heavy (non-hydrogen) atoms. The van der Waals surface area contributed by atoms with Gasteiger partial charge in [0.05, 0.1) is 0 Å². The average Bonchev–Trinajstić information content (AvgIpc) is 2.75. The standard InChI is InChI=1S/C26H25P/c1-3-27(2)25(22-15-9-5-10-16-22)19-24(21-13-7-4-8-14-21)20-26(27)23-17-11-6-12-18-23/h4-20H,3H2,1-2H3. The molecule has 1 aliphatic rings. The number of benzene rings is 3. The van der Waals surface area contributed by atoms with Gasteiger partial charge in [-0.1, -0.05) is 105 Å². The Hall–Kier alpha value is -2.56. The molecule has 0 spiro atoms. The molecule has 1 atom stereocenters. The third-order valence-corrected chi connectivity index (χ3v) is 9.69. The maximum atomic E-state index is 2.49. The van der Waals surface area contributed by atoms with E-state index >= 15 is 0 Å². The molecule has 0 aliphatic carbocycles. The van der Waals surface area contributed by atoms with Crippen molar-refractivity contribution in [3.63, 3.8) is 0 Å². The van der Waals surface area contributed by atoms with Gasteiger partial charge in [-0.2, -0.15) is 0 Å². The second kappa shape index (κ2) is 7.59. The summed E-state index contributed by atoms with van der Waals surface area (Å²) < 4.78 is 0. The number of hydrogen-bond donors (Lipinski definition) is 0. The zero-order valence-electron chi connectivity index (χ0n) is 16.0. The van der Waals surface area contributed by atoms with Crippen LogP contribution in [0.1, 0.15) is 23.6 Å². The first-order valence-electron chi connectivity index (χ1n) is 9.55. The largest absolute Gasteiger partial charge is 0.0719 e. The fourth-order valence-electron chi connectivity index (χ4n) is 3.84. The van der Waals surface area contributed by atoms with Gasteiger partial charge in [-0.15, -0.1) is 0 Å². The quantitative estimate of drug-likeness (QED) is 0.434. The highest BCUT2D eigenvalue weighted by Gasteiger charge is 2.26. The third kappa shape index (κ3) is 3.38. The van der Waals surface area contributed by atoms with E-state index < -0.39 is 6.89 Å². The zero-order valence-corrected chi connectivity index (χ0v) is 16.9. The SMILES string of the molecule is CCP1(C)=C(c2ccccc2)C=C(c2ccccc2)C=C1c1ccccc1. The number of rotatable bonds is 4. The fraction of sp³-hybridized carbons (Fsp3) is 0.115. The van der Waals surface area contributed by atoms with Crippen molar-refractivity contribution in [1.29, 1.82) is 0 Å². The molecule has 1 aliphatic heterocycles. The minimum atomic E-state index is -1.46. The maximum Gasteiger partial charge on any atom is -0.0163 e. The number of allylic oxidation sites excluding steroid dienone is 3. The summed E-state index contributed by atoms with van der Waals surface area (Å²) in [6.07, 6.45) is 6.04. The normalized spacial score (nSPS) is 19.4. The van der Waals surface area contributed by atoms with Crippen LogP contribution in [0.25, 0.3) is 10.9 Å². The van der Waals surface area contributed by atoms with E-state index in [9.17, 15) is 0 Å². The smallest absolute Gasteiger partial charge is 0.0163 e. The van der Waals surface area contributed by atoms with E-state index in [4.69, 9.17) is 0 Å². The summed E-state index contributed by atoms with van der Waals surface area (Å²) in [7, 11) is 0. The highest BCUT2D eigenvalue weighted by Crippen LogP contribution is 2.61. The van der Waals surface area contributed by atoms with Gasteiger partial charge in [-0.3, -0.25) is 0 Å². The van der Waals surface area contributed by atoms with Crippen LogP contribution in [0.2, 0.25) is 0 Å². The second-order valence-electron chi connectivity index (χ2n) is 7.12. The molecule has 3 aromatic rings. The molecule has 134 valence electrons. The topological polar surface area (TPSA) is 0 Å². The monoisotopic (exact) mass is 368 g/mol. The minimum absolute atomic E-state index is 1.16. The van der Waals surface area contributed by atoms with Gasteiger partial charge >= 0.3 is 0 Å². The Morgan fingerprint density at radius 1 is 0.593 bits per heavy atom. The van der Waals surface area contributed by atoms with Gasteiger partial charge in [0.1, 0.15) is 0 Å². The van der Waals surface area contributed by atoms with E-state index in [0.29, 0.717) is 0 Å². The Morgan fingerprint density at radius 2 is 1.07 bits per heavy atom. The van der Waals surface area contributed by atoms with Gasteiger partial charge in [-0.25, -0.2) is 0 Å². The van der Waals surface area contributed by atoms with E-state index in [1.54, 1.807) is 0 Å². The van der Waals surface area contributed by atoms with Gasteiger partial charge in [0.2, 0.25) is 0 Å². The average molecular weight is 368 g/mol. The second-order valence-corrected chi connectivity index (χ2v) is 11.1. The van der Waals surface area contributed by atoms with Crippen molar-refractivity contribution >= 4 is 23.1 Å². The molecule has 3 aromatic carbocycles. The summed E-state index contributed by atoms with van der Waals surface area (Å²) in [6, 6.07) is 32.6. The molecule has 0 aromatic heterocycles. The Balaban J connectivity index is 2.03. The first-order chi connectivity index (χ1) is 13.2. The van der Waals surface area contributed by atoms with E-state index in [1.165, 1.54) is 32.9 Å². The van der Waals surface area contributed by atoms with Gasteiger partial charge in [0, 0.05) is 0 Å². The van der Waals surface area contributed by atoms with Crippen LogP contribution in [0, 0.1) is 0 Å². The molecule has 0 bridgehead atoms. The molecule has 4 rings (SSSR count). The fourth-order valence-corrected chi connectivity index (χ4v) is 7.07. The summed E-state index contributed by atoms with van der Waals surface area (Å²) in [4.78, 5) is 0. The predicted molar refractivity (Wildman–Crippen MR) is 123 cm³/mol. The zero-order chi connectivity index (χ0) is 18.7. The van der Waals surface area contributed by atoms with Crippen LogP contribution < -0.4 is 0 Å². The van der Waals surface area contributed by atoms with E-state index in [-0.39, 0.29) is 0 Å². The van der Waals surface area contributed by atoms with Crippen molar-refractivity contribution in [2.24, 2.45) is 0 Å². The summed E-state index contributed by atoms with van der Waals surface area (Å²) in [5.41, 5.74) is 5.29. The van der Waals surface area contributed by atoms with Gasteiger partial charge < -0.3 is 0 Å². The molecular weight excluding hydrogens is 343 g/mol. The van der Waals surface area contributed by atoms with E-state index in [0.717, 1.165) is 6.16 Å². The maximum absolute atomic E-state index is 2.49. The molecule has 0 saturated heterocycles. The molecule has 0 radical (unpaired) electrons. The van der Waals surface area contributed by atoms with Gasteiger partial charge in [0.25, 0.3) is 0 Å². The molecule has 0 nitrogen and oxygen atoms in total. The Kier molecular flexibility index (Phi) is 5.01. The molecule has 0 amide bonds. The third-order valence-electron chi connectivity index (χ3n) is 5.53. The predicted octanol–water partition coefficient (Wildman–Crippen LogP) is 7.01. The highest BCUT2D eigenvalue weighted by atomic mass is 31.2. The first-order valence-corrected chi connectivity index (χ1v) is 12.0. The lowest BCUT2D eigenvalue weighted by atomic mass is 10.0. The Bertz CT molecular complexity index is 1040. The lowest BCUT2D eigenvalue weighted by Crippen LogP contribution is -2.09. The van der Waals surface area contributed by atoms with Crippen molar-refractivity contribution in [3.8, 4) is 0 Å². The van der Waals surface area contributed by atoms with Crippen LogP contribution in [-0.4, -0.2) is 18.1 Å². The van der Waals surface area contributed by atoms with Crippen molar-refractivity contribution in [1.82, 2.24) is 0 Å². The molecule has 1 unspecified atom stereocenters. The van der Waals surface area contributed by atoms with Crippen LogP contribution in [0.15, 0.2) is 103 Å². The van der Waals surface area contributed by atoms with Crippen LogP contribution in [0.3, 0.4) is 0 Å². The van der Waals surface area contributed by atoms with Crippen molar-refractivity contribution in [2.45, 2.75) is 6.92 Å². The van der Waals surface area contributed by atoms with Crippen LogP contribution in [0.5, 0.6) is 0 Å². The minimum Gasteiger partial charge on any atom is -0.0719 e. The molecular formula is C26H25P. The van der Waals surface area contributed by atoms with Crippen LogP contribution in [-0.2, 0) is 0 Å². The molecule has 1 heterocycles. The molecule has 1 heteroatoms. The van der Waals surface area contributed by atoms with Crippen molar-refractivity contribution in [3.05, 3.63) is 120 Å². The Morgan fingerprint density at radius 3 is 1.59 bits per heavy atom. The van der Waals surface area contributed by atoms with Crippen molar-refractivity contribution in [2.75, 3.05) is 12.8 Å². The van der Waals surface area contributed by atoms with E-state index in [1.807, 2.05) is 0 Å². The Labute approximate surface area is 162 Å². The highest BCUT2D eigenvalue weighted by molar-refractivity contribution is 7.85. The van der Waals surface area contributed by atoms with Crippen LogP contribution in [0.4, 0.5) is 0 Å². The number of hydrogen-bond acceptors (Lipinski definition) is 0. The summed E-state index contributed by atoms with van der Waals surface area (Å²) in [6.45, 7) is 3.37. The van der Waals surface area contributed by atoms with Gasteiger partial charge in [-0.05, 0) is 57.8 Å². The lowest BCUT2D eigenvalue weighted by Gasteiger charge is -2.32. The van der Waals surface area contributed by atoms with E-state index in [2.05, 4.69) is 117 Å². The molecule has 0 N–H and O–H groups in total. The summed E-state index contributed by atoms with van der Waals surface area (Å²) >= 11 is 0. The lowest BCUT2D eigenvalue weighted by molar-refractivity contribution is 1.49. The van der Waals surface area contributed by atoms with Crippen LogP contribution >= 0.6 is 6.89 Å². The summed E-state index contributed by atoms with van der Waals surface area (Å²) in [5, 5.41) is 3.01. The summed E-state index contributed by atoms with van der Waals surface area (Å²) in [5.74, 6) is 0.